The van der Waals surface area contributed by atoms with Gasteiger partial charge in [0.05, 0.1) is 22.5 Å². The maximum absolute atomic E-state index is 12.4. The molecule has 17 atom stereocenters. The predicted octanol–water partition coefficient (Wildman–Crippen LogP) is 18.1. The minimum atomic E-state index is -1.18. The number of nitrogens with zero attached hydrogens (tertiary/aromatic N) is 5. The Hall–Kier alpha value is -7.85. The van der Waals surface area contributed by atoms with Crippen molar-refractivity contribution in [2.45, 2.75) is 334 Å². The molecule has 10 fully saturated rings. The fourth-order valence-electron chi connectivity index (χ4n) is 29.2. The molecule has 10 aliphatic carbocycles. The normalized spacial score (nSPS) is 34.2. The molecule has 23 rings (SSSR count). The molecule has 5 saturated heterocycles. The van der Waals surface area contributed by atoms with Crippen LogP contribution in [0, 0.1) is 29.1 Å². The number of aliphatic hydroxyl groups excluding tert-OH is 1. The molecule has 1 spiro atoms. The van der Waals surface area contributed by atoms with E-state index < -0.39 is 40.0 Å². The van der Waals surface area contributed by atoms with E-state index in [4.69, 9.17) is 10.5 Å². The molecule has 6 heterocycles. The molecule has 16 aliphatic rings. The Morgan fingerprint density at radius 1 is 0.530 bits per heavy atom. The van der Waals surface area contributed by atoms with E-state index in [1.165, 1.54) is 134 Å². The van der Waals surface area contributed by atoms with Gasteiger partial charge in [-0.15, -0.1) is 0 Å². The summed E-state index contributed by atoms with van der Waals surface area (Å²) in [4.78, 5) is 24.7. The molecule has 10 bridgehead atoms. The second-order valence-electron chi connectivity index (χ2n) is 45.1. The highest BCUT2D eigenvalue weighted by atomic mass is 16.5. The second-order valence-corrected chi connectivity index (χ2v) is 45.1. The Labute approximate surface area is 786 Å². The van der Waals surface area contributed by atoms with Crippen LogP contribution in [0.2, 0.25) is 0 Å². The highest BCUT2D eigenvalue weighted by molar-refractivity contribution is 5.90. The van der Waals surface area contributed by atoms with Crippen LogP contribution in [0.3, 0.4) is 0 Å². The number of likely N-dealkylation sites (tertiary alicyclic amines) is 5. The summed E-state index contributed by atoms with van der Waals surface area (Å²) in [5.41, 5.74) is 19.2. The van der Waals surface area contributed by atoms with Crippen molar-refractivity contribution >= 4 is 5.78 Å². The number of nitrogens with two attached hydrogens (primary N) is 1. The van der Waals surface area contributed by atoms with Crippen LogP contribution in [0.25, 0.3) is 0 Å². The lowest BCUT2D eigenvalue weighted by molar-refractivity contribution is -0.304. The van der Waals surface area contributed by atoms with Crippen molar-refractivity contribution < 1.29 is 60.6 Å². The van der Waals surface area contributed by atoms with Crippen LogP contribution in [0.15, 0.2) is 151 Å². The van der Waals surface area contributed by atoms with Crippen molar-refractivity contribution in [3.05, 3.63) is 218 Å². The molecule has 18 nitrogen and oxygen atoms in total. The van der Waals surface area contributed by atoms with E-state index in [0.29, 0.717) is 96.6 Å². The summed E-state index contributed by atoms with van der Waals surface area (Å²) < 4.78 is 6.16. The number of fused-ring (bicyclic) bond motifs is 13. The quantitative estimate of drug-likeness (QED) is 0.0508. The van der Waals surface area contributed by atoms with Crippen molar-refractivity contribution in [3.63, 3.8) is 0 Å². The number of aliphatic hydroxyl groups is 4. The molecular weight excluding hydrogens is 1650 g/mol. The minimum absolute atomic E-state index is 0.0819. The number of Topliss-reactive ketones (excluding diaryl/α,β-unsaturated/α-hetero) is 1. The highest BCUT2D eigenvalue weighted by Crippen LogP contribution is 2.67. The maximum atomic E-state index is 12.4. The first-order valence-electron chi connectivity index (χ1n) is 51.3. The fourth-order valence-corrected chi connectivity index (χ4v) is 29.2. The van der Waals surface area contributed by atoms with Gasteiger partial charge in [-0.1, -0.05) is 171 Å². The third kappa shape index (κ3) is 16.6. The third-order valence-corrected chi connectivity index (χ3v) is 37.9. The van der Waals surface area contributed by atoms with Crippen LogP contribution in [0.5, 0.6) is 40.2 Å². The summed E-state index contributed by atoms with van der Waals surface area (Å²) in [5, 5.41) is 106. The number of carbonyl (C=O) groups is 1. The number of aromatic hydroxyl groups is 6. The first-order valence-corrected chi connectivity index (χ1v) is 51.3. The molecule has 0 amide bonds. The zero-order valence-electron chi connectivity index (χ0n) is 80.6. The second kappa shape index (κ2) is 37.2. The van der Waals surface area contributed by atoms with Crippen LogP contribution >= 0.6 is 0 Å². The summed E-state index contributed by atoms with van der Waals surface area (Å²) in [5.74, 6) is 5.85. The van der Waals surface area contributed by atoms with Gasteiger partial charge >= 0.3 is 0 Å². The largest absolute Gasteiger partial charge is 0.508 e. The number of ketones is 1. The summed E-state index contributed by atoms with van der Waals surface area (Å²) in [6, 6.07) is 46.7. The zero-order valence-corrected chi connectivity index (χ0v) is 80.6. The van der Waals surface area contributed by atoms with Gasteiger partial charge in [0.15, 0.2) is 17.2 Å². The smallest absolute Gasteiger partial charge is 0.165 e. The molecule has 5 unspecified atom stereocenters. The van der Waals surface area contributed by atoms with Gasteiger partial charge in [0.2, 0.25) is 0 Å². The average molecular weight is 1800 g/mol. The third-order valence-electron chi connectivity index (χ3n) is 37.9. The van der Waals surface area contributed by atoms with E-state index in [1.54, 1.807) is 24.3 Å². The number of phenols is 6. The first-order chi connectivity index (χ1) is 63.2. The molecule has 7 aromatic rings. The Kier molecular flexibility index (Phi) is 26.7. The number of ether oxygens (including phenoxy) is 1. The van der Waals surface area contributed by atoms with Crippen LogP contribution < -0.4 is 10.5 Å². The van der Waals surface area contributed by atoms with Gasteiger partial charge in [-0.25, -0.2) is 0 Å². The number of allylic oxidation sites excluding steroid dienone is 1. The number of hydrogen-bond acceptors (Lipinski definition) is 18. The highest BCUT2D eigenvalue weighted by Gasteiger charge is 2.74. The molecular formula is C114H154N6O12. The van der Waals surface area contributed by atoms with Crippen LogP contribution in [0.1, 0.15) is 282 Å². The Morgan fingerprint density at radius 3 is 1.78 bits per heavy atom. The molecule has 5 saturated carbocycles. The van der Waals surface area contributed by atoms with E-state index in [-0.39, 0.29) is 51.0 Å². The van der Waals surface area contributed by atoms with E-state index in [1.807, 2.05) is 73.7 Å². The summed E-state index contributed by atoms with van der Waals surface area (Å²) in [6.45, 7) is 28.4. The summed E-state index contributed by atoms with van der Waals surface area (Å²) in [6.07, 6.45) is 32.1. The van der Waals surface area contributed by atoms with Gasteiger partial charge in [0, 0.05) is 80.7 Å². The van der Waals surface area contributed by atoms with Gasteiger partial charge in [-0.3, -0.25) is 24.4 Å². The maximum Gasteiger partial charge on any atom is 0.165 e. The number of hydrogen-bond donors (Lipinski definition) is 11. The van der Waals surface area contributed by atoms with Gasteiger partial charge < -0.3 is 66.4 Å². The molecule has 0 radical (unpaired) electrons. The Bertz CT molecular complexity index is 5330. The summed E-state index contributed by atoms with van der Waals surface area (Å²) in [7, 11) is 2.09. The average Bonchev–Trinajstić information content (AvgIpc) is 1.42. The van der Waals surface area contributed by atoms with Gasteiger partial charge in [0.25, 0.3) is 0 Å². The van der Waals surface area contributed by atoms with Crippen molar-refractivity contribution in [3.8, 4) is 40.2 Å². The van der Waals surface area contributed by atoms with E-state index in [2.05, 4.69) is 135 Å². The van der Waals surface area contributed by atoms with Crippen molar-refractivity contribution in [2.24, 2.45) is 34.8 Å². The predicted molar refractivity (Wildman–Crippen MR) is 523 cm³/mol. The molecule has 712 valence electrons. The van der Waals surface area contributed by atoms with Crippen molar-refractivity contribution in [2.75, 3.05) is 72.5 Å². The molecule has 12 N–H and O–H groups in total. The SMILES string of the molecule is CC(C)=CCN1CC[C@@]2(C)c3cc(O)ccc3CC1C2C.CC1C2Cc3ccc(O)cc3[C@]1(C)CCN2CCc1ccccc1.CCC(=O)C1(c2cccc(O)c2)CCN(C)CC1.C[C@@]12CCCCC[C@@H](c3ccc(O)cc3C1)C2N.Oc1ccc2c(c1)[C@@]13CCCC[C@@]1(O)[C@@](O)(C2)N(CC1CCC1)CC3.Oc1ccc2c3c1O[C@H]1[C@@H](O)CC[C@@]4(O)[C@@H](C2)N(CC2CCC2)CC[C@]314. The number of carbonyl (C=O) groups excluding carboxylic acids is 1. The molecule has 0 aromatic heterocycles. The standard InChI is InChI=1S/C22H27NO.C21H27NO4.C21H29NO3.C19H27NO.C16H23NO.C15H21NO2/c1-16-21-14-18-8-9-19(24)15-20(18)22(16,2)11-13-23(21)12-10-17-6-4-3-5-7-17;23-14-5-4-13-10-16-21(25)7-6-15(24)19-20(21,17(13)18(14)26-19)8-9-22(16)11-12-2-1-3-12;23-17-7-6-16-13-21(25)20(24)9-2-1-8-19(20,18(16)12-17)10-11-22(21)14-15-4-3-5-15;1-13(2)7-9-20-10-8-19(4)14(3)18(20)11-15-5-6-16(21)12-17(15)19;1-16-8-4-2-3-5-14(15(16)17)13-7-6-12(18)9-11(13)10-16;1-3-14(18)15(7-9-16(2)10-8-15)12-5-4-6-13(17)11-12/h3-9,15-16,21,24H,10-14H2,1-2H3;4-5,12,15-16,19,23-25H,1-3,6-11H2;6-7,12,15,23-25H,1-5,8-11,13-14H2;5-7,12,14,18,21H,8-11H2,1-4H3;6-7,9,14-15,18H,2-5,8,10,17H2,1H3;4-6,11,17H,3,7-10H2,1-2H3/t16?,21?,22-;15-,16+,19-,20-,21+;19-,20-,21-;14?,18?,19-;14-,15?,16+;/m10010./s1. The van der Waals surface area contributed by atoms with Crippen LogP contribution in [0.4, 0.5) is 0 Å². The number of phenolic OH excluding ortho intramolecular Hbond substituents is 6. The van der Waals surface area contributed by atoms with Crippen molar-refractivity contribution in [1.29, 1.82) is 0 Å². The van der Waals surface area contributed by atoms with Gasteiger partial charge in [0.1, 0.15) is 46.2 Å². The van der Waals surface area contributed by atoms with E-state index in [9.17, 15) is 55.9 Å². The lowest BCUT2D eigenvalue weighted by Gasteiger charge is -2.67. The lowest BCUT2D eigenvalue weighted by atomic mass is 9.48. The van der Waals surface area contributed by atoms with Crippen molar-refractivity contribution in [1.82, 2.24) is 24.5 Å². The molecule has 6 aliphatic heterocycles. The topological polar surface area (TPSA) is 271 Å². The first kappa shape index (κ1) is 94.5. The number of piperidine rings is 5. The van der Waals surface area contributed by atoms with Crippen LogP contribution in [-0.4, -0.2) is 207 Å². The van der Waals surface area contributed by atoms with Gasteiger partial charge in [-0.05, 0) is 362 Å². The van der Waals surface area contributed by atoms with Crippen LogP contribution in [-0.2, 0) is 70.4 Å². The monoisotopic (exact) mass is 1800 g/mol. The molecule has 7 aromatic carbocycles. The number of benzene rings is 7. The summed E-state index contributed by atoms with van der Waals surface area (Å²) >= 11 is 0. The fraction of sp³-hybridized carbons (Fsp3) is 0.605. The minimum Gasteiger partial charge on any atom is -0.508 e. The zero-order chi connectivity index (χ0) is 92.8. The van der Waals surface area contributed by atoms with Gasteiger partial charge in [-0.2, -0.15) is 0 Å². The lowest BCUT2D eigenvalue weighted by Crippen LogP contribution is -2.80. The Balaban J connectivity index is 0.000000107. The van der Waals surface area contributed by atoms with E-state index >= 15 is 0 Å². The molecule has 132 heavy (non-hydrogen) atoms. The molecule has 18 heteroatoms. The number of rotatable bonds is 12. The van der Waals surface area contributed by atoms with E-state index in [0.717, 1.165) is 171 Å². The Morgan fingerprint density at radius 2 is 1.13 bits per heavy atom.